The van der Waals surface area contributed by atoms with Crippen molar-refractivity contribution in [3.63, 3.8) is 0 Å². The Morgan fingerprint density at radius 3 is 2.31 bits per heavy atom. The van der Waals surface area contributed by atoms with Gasteiger partial charge in [0.2, 0.25) is 0 Å². The molecule has 0 bridgehead atoms. The molecule has 3 N–H and O–H groups in total. The SMILES string of the molecule is CC(N)c1[nH]nc(C(F)(F)F)c1Cl. The molecule has 0 spiro atoms. The van der Waals surface area contributed by atoms with E-state index in [-0.39, 0.29) is 5.69 Å². The fourth-order valence-electron chi connectivity index (χ4n) is 0.831. The van der Waals surface area contributed by atoms with Crippen LogP contribution in [0, 0.1) is 0 Å². The lowest BCUT2D eigenvalue weighted by Crippen LogP contribution is -2.07. The van der Waals surface area contributed by atoms with Crippen LogP contribution in [0.4, 0.5) is 13.2 Å². The maximum atomic E-state index is 12.1. The molecule has 0 aromatic carbocycles. The molecule has 0 fully saturated rings. The fraction of sp³-hybridized carbons (Fsp3) is 0.500. The second-order valence-corrected chi connectivity index (χ2v) is 2.96. The Bertz CT molecular complexity index is 305. The van der Waals surface area contributed by atoms with Crippen molar-refractivity contribution in [2.45, 2.75) is 19.1 Å². The van der Waals surface area contributed by atoms with Crippen molar-refractivity contribution >= 4 is 11.6 Å². The van der Waals surface area contributed by atoms with Gasteiger partial charge in [0.1, 0.15) is 0 Å². The maximum Gasteiger partial charge on any atom is 0.436 e. The topological polar surface area (TPSA) is 54.7 Å². The third-order valence-corrected chi connectivity index (χ3v) is 1.84. The first kappa shape index (κ1) is 10.3. The number of rotatable bonds is 1. The summed E-state index contributed by atoms with van der Waals surface area (Å²) in [6.45, 7) is 1.51. The Morgan fingerprint density at radius 1 is 1.54 bits per heavy atom. The number of aromatic amines is 1. The molecule has 1 heterocycles. The lowest BCUT2D eigenvalue weighted by Gasteiger charge is -2.03. The molecule has 0 saturated heterocycles. The molecule has 1 unspecified atom stereocenters. The number of H-pyrrole nitrogens is 1. The Morgan fingerprint density at radius 2 is 2.08 bits per heavy atom. The number of hydrogen-bond donors (Lipinski definition) is 2. The van der Waals surface area contributed by atoms with Crippen LogP contribution in [0.2, 0.25) is 5.02 Å². The number of nitrogens with zero attached hydrogens (tertiary/aromatic N) is 1. The summed E-state index contributed by atoms with van der Waals surface area (Å²) in [6.07, 6.45) is -4.54. The molecule has 0 aliphatic carbocycles. The summed E-state index contributed by atoms with van der Waals surface area (Å²) in [7, 11) is 0. The standard InChI is InChI=1S/C6H7ClF3N3/c1-2(11)4-3(7)5(13-12-4)6(8,9)10/h2H,11H2,1H3,(H,12,13). The lowest BCUT2D eigenvalue weighted by atomic mass is 10.2. The van der Waals surface area contributed by atoms with Crippen molar-refractivity contribution in [3.05, 3.63) is 16.4 Å². The second kappa shape index (κ2) is 3.19. The van der Waals surface area contributed by atoms with Crippen LogP contribution >= 0.6 is 11.6 Å². The Balaban J connectivity index is 3.14. The minimum absolute atomic E-state index is 0.0917. The zero-order valence-corrected chi connectivity index (χ0v) is 7.37. The first-order valence-electron chi connectivity index (χ1n) is 3.40. The largest absolute Gasteiger partial charge is 0.436 e. The Labute approximate surface area is 77.1 Å². The van der Waals surface area contributed by atoms with Crippen LogP contribution in [-0.2, 0) is 6.18 Å². The molecule has 13 heavy (non-hydrogen) atoms. The molecule has 0 radical (unpaired) electrons. The summed E-state index contributed by atoms with van der Waals surface area (Å²) in [5.74, 6) is 0. The molecule has 1 aromatic heterocycles. The summed E-state index contributed by atoms with van der Waals surface area (Å²) < 4.78 is 36.4. The van der Waals surface area contributed by atoms with E-state index in [1.54, 1.807) is 0 Å². The number of hydrogen-bond acceptors (Lipinski definition) is 2. The van der Waals surface area contributed by atoms with E-state index < -0.39 is 22.9 Å². The van der Waals surface area contributed by atoms with Gasteiger partial charge >= 0.3 is 6.18 Å². The highest BCUT2D eigenvalue weighted by Crippen LogP contribution is 2.35. The van der Waals surface area contributed by atoms with E-state index in [1.807, 2.05) is 0 Å². The van der Waals surface area contributed by atoms with E-state index in [9.17, 15) is 13.2 Å². The van der Waals surface area contributed by atoms with E-state index in [0.717, 1.165) is 0 Å². The molecular weight excluding hydrogens is 207 g/mol. The number of halogens is 4. The van der Waals surface area contributed by atoms with Crippen molar-refractivity contribution < 1.29 is 13.2 Å². The normalized spacial score (nSPS) is 14.6. The zero-order valence-electron chi connectivity index (χ0n) is 6.61. The smallest absolute Gasteiger partial charge is 0.323 e. The molecule has 3 nitrogen and oxygen atoms in total. The van der Waals surface area contributed by atoms with E-state index in [4.69, 9.17) is 17.3 Å². The van der Waals surface area contributed by atoms with Gasteiger partial charge in [-0.2, -0.15) is 18.3 Å². The predicted molar refractivity (Wildman–Crippen MR) is 41.2 cm³/mol. The van der Waals surface area contributed by atoms with Gasteiger partial charge < -0.3 is 5.73 Å². The molecule has 74 valence electrons. The molecule has 0 saturated carbocycles. The summed E-state index contributed by atoms with van der Waals surface area (Å²) in [5, 5.41) is 4.74. The molecule has 1 atom stereocenters. The molecule has 1 aromatic rings. The Hall–Kier alpha value is -0.750. The monoisotopic (exact) mass is 213 g/mol. The molecule has 1 rings (SSSR count). The quantitative estimate of drug-likeness (QED) is 0.751. The number of nitrogens with two attached hydrogens (primary N) is 1. The molecule has 0 amide bonds. The number of alkyl halides is 3. The van der Waals surface area contributed by atoms with Gasteiger partial charge in [-0.15, -0.1) is 0 Å². The van der Waals surface area contributed by atoms with E-state index in [2.05, 4.69) is 10.2 Å². The average molecular weight is 214 g/mol. The first-order chi connectivity index (χ1) is 5.84. The van der Waals surface area contributed by atoms with Gasteiger partial charge in [-0.1, -0.05) is 11.6 Å². The van der Waals surface area contributed by atoms with Crippen LogP contribution in [0.3, 0.4) is 0 Å². The zero-order chi connectivity index (χ0) is 10.2. The van der Waals surface area contributed by atoms with Crippen molar-refractivity contribution in [3.8, 4) is 0 Å². The van der Waals surface area contributed by atoms with Crippen LogP contribution in [-0.4, -0.2) is 10.2 Å². The molecule has 0 aliphatic heterocycles. The van der Waals surface area contributed by atoms with E-state index in [0.29, 0.717) is 0 Å². The average Bonchev–Trinajstić information content (AvgIpc) is 2.28. The van der Waals surface area contributed by atoms with Crippen LogP contribution in [0.1, 0.15) is 24.4 Å². The second-order valence-electron chi connectivity index (χ2n) is 2.59. The van der Waals surface area contributed by atoms with Crippen molar-refractivity contribution in [2.75, 3.05) is 0 Å². The third kappa shape index (κ3) is 1.94. The fourth-order valence-corrected chi connectivity index (χ4v) is 1.20. The van der Waals surface area contributed by atoms with Crippen molar-refractivity contribution in [1.29, 1.82) is 0 Å². The summed E-state index contributed by atoms with van der Waals surface area (Å²) in [5.41, 5.74) is 4.32. The minimum Gasteiger partial charge on any atom is -0.323 e. The van der Waals surface area contributed by atoms with Crippen LogP contribution in [0.25, 0.3) is 0 Å². The molecule has 7 heteroatoms. The van der Waals surface area contributed by atoms with Gasteiger partial charge in [0.05, 0.1) is 10.7 Å². The van der Waals surface area contributed by atoms with Crippen LogP contribution < -0.4 is 5.73 Å². The van der Waals surface area contributed by atoms with Gasteiger partial charge in [-0.05, 0) is 6.92 Å². The van der Waals surface area contributed by atoms with Gasteiger partial charge in [0.15, 0.2) is 5.69 Å². The minimum atomic E-state index is -4.54. The van der Waals surface area contributed by atoms with Crippen LogP contribution in [0.15, 0.2) is 0 Å². The van der Waals surface area contributed by atoms with Gasteiger partial charge in [-0.3, -0.25) is 5.10 Å². The summed E-state index contributed by atoms with van der Waals surface area (Å²) in [6, 6.07) is -0.601. The van der Waals surface area contributed by atoms with Crippen LogP contribution in [0.5, 0.6) is 0 Å². The highest BCUT2D eigenvalue weighted by Gasteiger charge is 2.37. The number of nitrogens with one attached hydrogen (secondary N) is 1. The molecular formula is C6H7ClF3N3. The summed E-state index contributed by atoms with van der Waals surface area (Å²) >= 11 is 5.41. The molecule has 0 aliphatic rings. The predicted octanol–water partition coefficient (Wildman–Crippen LogP) is 2.10. The van der Waals surface area contributed by atoms with E-state index in [1.165, 1.54) is 6.92 Å². The Kier molecular flexibility index (Phi) is 2.53. The van der Waals surface area contributed by atoms with Crippen molar-refractivity contribution in [2.24, 2.45) is 5.73 Å². The number of aromatic nitrogens is 2. The first-order valence-corrected chi connectivity index (χ1v) is 3.78. The van der Waals surface area contributed by atoms with Gasteiger partial charge in [0.25, 0.3) is 0 Å². The van der Waals surface area contributed by atoms with Gasteiger partial charge in [0, 0.05) is 6.04 Å². The highest BCUT2D eigenvalue weighted by atomic mass is 35.5. The maximum absolute atomic E-state index is 12.1. The lowest BCUT2D eigenvalue weighted by molar-refractivity contribution is -0.141. The highest BCUT2D eigenvalue weighted by molar-refractivity contribution is 6.32. The van der Waals surface area contributed by atoms with Crippen molar-refractivity contribution in [1.82, 2.24) is 10.2 Å². The van der Waals surface area contributed by atoms with E-state index >= 15 is 0 Å². The third-order valence-electron chi connectivity index (χ3n) is 1.46. The summed E-state index contributed by atoms with van der Waals surface area (Å²) in [4.78, 5) is 0. The van der Waals surface area contributed by atoms with Gasteiger partial charge in [-0.25, -0.2) is 0 Å².